The van der Waals surface area contributed by atoms with E-state index in [1.165, 1.54) is 0 Å². The van der Waals surface area contributed by atoms with Gasteiger partial charge in [0.25, 0.3) is 0 Å². The molecule has 1 amide bonds. The summed E-state index contributed by atoms with van der Waals surface area (Å²) < 4.78 is 5.51. The molecule has 4 nitrogen and oxygen atoms in total. The minimum atomic E-state index is -0.0982. The van der Waals surface area contributed by atoms with Gasteiger partial charge in [-0.15, -0.1) is 6.58 Å². The standard InChI is InChI=1S/C15H20N2O2/c1-4-8-16-10-15(18)17-13-6-5-7-14(9-13)19-11-12(2)3/h4-7,9,16H,1-2,8,10-11H2,3H3,(H,17,18). The summed E-state index contributed by atoms with van der Waals surface area (Å²) in [5, 5.41) is 5.73. The molecular formula is C15H20N2O2. The summed E-state index contributed by atoms with van der Waals surface area (Å²) in [4.78, 5) is 11.6. The maximum atomic E-state index is 11.6. The van der Waals surface area contributed by atoms with Crippen molar-refractivity contribution in [3.8, 4) is 5.75 Å². The maximum Gasteiger partial charge on any atom is 0.238 e. The largest absolute Gasteiger partial charge is 0.489 e. The summed E-state index contributed by atoms with van der Waals surface area (Å²) >= 11 is 0. The lowest BCUT2D eigenvalue weighted by Gasteiger charge is -2.09. The molecule has 0 radical (unpaired) electrons. The van der Waals surface area contributed by atoms with Crippen LogP contribution in [0.2, 0.25) is 0 Å². The number of benzene rings is 1. The first-order valence-corrected chi connectivity index (χ1v) is 6.10. The normalized spacial score (nSPS) is 9.74. The van der Waals surface area contributed by atoms with Crippen LogP contribution < -0.4 is 15.4 Å². The summed E-state index contributed by atoms with van der Waals surface area (Å²) in [6, 6.07) is 7.28. The molecule has 0 bridgehead atoms. The topological polar surface area (TPSA) is 50.4 Å². The van der Waals surface area contributed by atoms with Crippen molar-refractivity contribution in [3.63, 3.8) is 0 Å². The van der Waals surface area contributed by atoms with Gasteiger partial charge in [0.05, 0.1) is 6.54 Å². The smallest absolute Gasteiger partial charge is 0.238 e. The summed E-state index contributed by atoms with van der Waals surface area (Å²) in [7, 11) is 0. The number of rotatable bonds is 8. The van der Waals surface area contributed by atoms with Crippen molar-refractivity contribution in [2.75, 3.05) is 25.0 Å². The average molecular weight is 260 g/mol. The number of hydrogen-bond acceptors (Lipinski definition) is 3. The Hall–Kier alpha value is -2.07. The van der Waals surface area contributed by atoms with Gasteiger partial charge in [-0.3, -0.25) is 4.79 Å². The number of nitrogens with one attached hydrogen (secondary N) is 2. The van der Waals surface area contributed by atoms with E-state index in [1.807, 2.05) is 25.1 Å². The van der Waals surface area contributed by atoms with Gasteiger partial charge in [0.2, 0.25) is 5.91 Å². The van der Waals surface area contributed by atoms with Crippen LogP contribution in [0, 0.1) is 0 Å². The number of amides is 1. The molecular weight excluding hydrogens is 240 g/mol. The molecule has 1 aromatic rings. The first kappa shape index (κ1) is 15.0. The fourth-order valence-electron chi connectivity index (χ4n) is 1.36. The number of carbonyl (C=O) groups excluding carboxylic acids is 1. The monoisotopic (exact) mass is 260 g/mol. The van der Waals surface area contributed by atoms with Crippen molar-refractivity contribution < 1.29 is 9.53 Å². The Bertz CT molecular complexity index is 455. The van der Waals surface area contributed by atoms with Gasteiger partial charge in [-0.1, -0.05) is 18.7 Å². The number of anilines is 1. The molecule has 0 aliphatic heterocycles. The Kier molecular flexibility index (Phi) is 6.39. The predicted molar refractivity (Wildman–Crippen MR) is 78.4 cm³/mol. The fraction of sp³-hybridized carbons (Fsp3) is 0.267. The van der Waals surface area contributed by atoms with Crippen molar-refractivity contribution in [2.45, 2.75) is 6.92 Å². The Labute approximate surface area is 114 Å². The van der Waals surface area contributed by atoms with E-state index in [-0.39, 0.29) is 12.5 Å². The van der Waals surface area contributed by atoms with Crippen LogP contribution in [0.4, 0.5) is 5.69 Å². The molecule has 102 valence electrons. The second-order valence-corrected chi connectivity index (χ2v) is 4.24. The molecule has 19 heavy (non-hydrogen) atoms. The Morgan fingerprint density at radius 2 is 2.26 bits per heavy atom. The van der Waals surface area contributed by atoms with Crippen LogP contribution in [-0.2, 0) is 4.79 Å². The quantitative estimate of drug-likeness (QED) is 0.557. The van der Waals surface area contributed by atoms with Crippen LogP contribution in [0.1, 0.15) is 6.92 Å². The third-order valence-electron chi connectivity index (χ3n) is 2.18. The first-order valence-electron chi connectivity index (χ1n) is 6.10. The second kappa shape index (κ2) is 8.11. The zero-order valence-corrected chi connectivity index (χ0v) is 11.2. The summed E-state index contributed by atoms with van der Waals surface area (Å²) in [6.45, 7) is 10.6. The summed E-state index contributed by atoms with van der Waals surface area (Å²) in [5.41, 5.74) is 1.66. The van der Waals surface area contributed by atoms with Crippen LogP contribution >= 0.6 is 0 Å². The van der Waals surface area contributed by atoms with Gasteiger partial charge >= 0.3 is 0 Å². The van der Waals surface area contributed by atoms with E-state index < -0.39 is 0 Å². The highest BCUT2D eigenvalue weighted by Gasteiger charge is 2.02. The van der Waals surface area contributed by atoms with Crippen LogP contribution in [-0.4, -0.2) is 25.6 Å². The highest BCUT2D eigenvalue weighted by atomic mass is 16.5. The molecule has 0 aromatic heterocycles. The molecule has 0 saturated heterocycles. The van der Waals surface area contributed by atoms with Crippen LogP contribution in [0.15, 0.2) is 49.1 Å². The van der Waals surface area contributed by atoms with Crippen LogP contribution in [0.3, 0.4) is 0 Å². The second-order valence-electron chi connectivity index (χ2n) is 4.24. The van der Waals surface area contributed by atoms with E-state index in [4.69, 9.17) is 4.74 Å². The summed E-state index contributed by atoms with van der Waals surface area (Å²) in [5.74, 6) is 0.610. The minimum absolute atomic E-state index is 0.0982. The molecule has 0 spiro atoms. The van der Waals surface area contributed by atoms with E-state index >= 15 is 0 Å². The predicted octanol–water partition coefficient (Wildman–Crippen LogP) is 2.36. The van der Waals surface area contributed by atoms with Gasteiger partial charge < -0.3 is 15.4 Å². The lowest BCUT2D eigenvalue weighted by atomic mass is 10.3. The van der Waals surface area contributed by atoms with Gasteiger partial charge in [-0.2, -0.15) is 0 Å². The zero-order valence-electron chi connectivity index (χ0n) is 11.2. The third kappa shape index (κ3) is 6.43. The number of ether oxygens (including phenoxy) is 1. The minimum Gasteiger partial charge on any atom is -0.489 e. The summed E-state index contributed by atoms with van der Waals surface area (Å²) in [6.07, 6.45) is 1.71. The molecule has 2 N–H and O–H groups in total. The van der Waals surface area contributed by atoms with Gasteiger partial charge in [0, 0.05) is 18.3 Å². The molecule has 1 aromatic carbocycles. The SMILES string of the molecule is C=CCNCC(=O)Nc1cccc(OCC(=C)C)c1. The Balaban J connectivity index is 2.49. The lowest BCUT2D eigenvalue weighted by molar-refractivity contribution is -0.115. The molecule has 0 heterocycles. The highest BCUT2D eigenvalue weighted by Crippen LogP contribution is 2.17. The van der Waals surface area contributed by atoms with Crippen molar-refractivity contribution in [3.05, 3.63) is 49.1 Å². The van der Waals surface area contributed by atoms with E-state index in [0.29, 0.717) is 24.6 Å². The molecule has 0 aliphatic carbocycles. The number of hydrogen-bond donors (Lipinski definition) is 2. The highest BCUT2D eigenvalue weighted by molar-refractivity contribution is 5.92. The maximum absolute atomic E-state index is 11.6. The van der Waals surface area contributed by atoms with Gasteiger partial charge in [-0.05, 0) is 24.6 Å². The molecule has 1 rings (SSSR count). The molecule has 0 saturated carbocycles. The van der Waals surface area contributed by atoms with Gasteiger partial charge in [0.1, 0.15) is 12.4 Å². The van der Waals surface area contributed by atoms with E-state index in [2.05, 4.69) is 23.8 Å². The molecule has 0 fully saturated rings. The van der Waals surface area contributed by atoms with Crippen LogP contribution in [0.25, 0.3) is 0 Å². The zero-order chi connectivity index (χ0) is 14.1. The molecule has 0 atom stereocenters. The molecule has 0 aliphatic rings. The number of carbonyl (C=O) groups is 1. The fourth-order valence-corrected chi connectivity index (χ4v) is 1.36. The Morgan fingerprint density at radius 3 is 2.95 bits per heavy atom. The Morgan fingerprint density at radius 1 is 1.47 bits per heavy atom. The van der Waals surface area contributed by atoms with Gasteiger partial charge in [0.15, 0.2) is 0 Å². The lowest BCUT2D eigenvalue weighted by Crippen LogP contribution is -2.28. The average Bonchev–Trinajstić information content (AvgIpc) is 2.37. The van der Waals surface area contributed by atoms with Crippen molar-refractivity contribution >= 4 is 11.6 Å². The molecule has 4 heteroatoms. The van der Waals surface area contributed by atoms with Crippen LogP contribution in [0.5, 0.6) is 5.75 Å². The third-order valence-corrected chi connectivity index (χ3v) is 2.18. The van der Waals surface area contributed by atoms with E-state index in [0.717, 1.165) is 5.57 Å². The van der Waals surface area contributed by atoms with Crippen molar-refractivity contribution in [1.82, 2.24) is 5.32 Å². The van der Waals surface area contributed by atoms with Crippen molar-refractivity contribution in [1.29, 1.82) is 0 Å². The van der Waals surface area contributed by atoms with Crippen molar-refractivity contribution in [2.24, 2.45) is 0 Å². The first-order chi connectivity index (χ1) is 9.11. The van der Waals surface area contributed by atoms with E-state index in [9.17, 15) is 4.79 Å². The molecule has 0 unspecified atom stereocenters. The van der Waals surface area contributed by atoms with E-state index in [1.54, 1.807) is 12.1 Å². The van der Waals surface area contributed by atoms with Gasteiger partial charge in [-0.25, -0.2) is 0 Å².